The second-order valence-corrected chi connectivity index (χ2v) is 26.9. The molecule has 2 heteroatoms. The summed E-state index contributed by atoms with van der Waals surface area (Å²) in [5.74, 6) is 2.32. The van der Waals surface area contributed by atoms with Crippen LogP contribution in [0, 0.1) is 5.92 Å². The van der Waals surface area contributed by atoms with E-state index in [0.717, 1.165) is 5.92 Å². The van der Waals surface area contributed by atoms with Crippen molar-refractivity contribution in [3.8, 4) is 0 Å². The summed E-state index contributed by atoms with van der Waals surface area (Å²) in [6, 6.07) is 0. The van der Waals surface area contributed by atoms with Crippen molar-refractivity contribution in [3.05, 3.63) is 0 Å². The van der Waals surface area contributed by atoms with E-state index in [2.05, 4.69) is 25.6 Å². The minimum absolute atomic E-state index is 0.887. The van der Waals surface area contributed by atoms with Crippen LogP contribution in [0.4, 0.5) is 0 Å². The maximum absolute atomic E-state index is 2.44. The maximum atomic E-state index is 2.44. The number of hydrogen-bond acceptors (Lipinski definition) is 1. The second-order valence-electron chi connectivity index (χ2n) is 10.0. The zero-order valence-corrected chi connectivity index (χ0v) is 20.9. The van der Waals surface area contributed by atoms with E-state index in [1.54, 1.807) is 100 Å². The molecule has 146 valence electrons. The Hall–Kier alpha value is 1.15. The van der Waals surface area contributed by atoms with Gasteiger partial charge in [0.15, 0.2) is 0 Å². The van der Waals surface area contributed by atoms with Gasteiger partial charge in [0, 0.05) is 0 Å². The summed E-state index contributed by atoms with van der Waals surface area (Å²) in [4.78, 5) is 0. The van der Waals surface area contributed by atoms with Crippen molar-refractivity contribution in [2.24, 2.45) is 5.92 Å². The van der Waals surface area contributed by atoms with Crippen LogP contribution in [0.25, 0.3) is 0 Å². The topological polar surface area (TPSA) is 0 Å². The predicted molar refractivity (Wildman–Crippen MR) is 118 cm³/mol. The predicted octanol–water partition coefficient (Wildman–Crippen LogP) is 8.37. The fraction of sp³-hybridized carbons (Fsp3) is 1.00. The van der Waals surface area contributed by atoms with E-state index in [1.165, 1.54) is 17.6 Å². The Balaban J connectivity index is 1.85. The molecule has 0 aromatic carbocycles. The molecular formula is C23H44SSn. The van der Waals surface area contributed by atoms with E-state index < -0.39 is 18.4 Å². The molecule has 0 unspecified atom stereocenters. The molecule has 0 saturated heterocycles. The van der Waals surface area contributed by atoms with Crippen LogP contribution in [0.1, 0.15) is 110 Å². The zero-order chi connectivity index (χ0) is 17.5. The molecule has 0 N–H and O–H groups in total. The summed E-state index contributed by atoms with van der Waals surface area (Å²) in [5, 5.41) is 0. The normalized spacial score (nSPS) is 25.6. The van der Waals surface area contributed by atoms with Crippen molar-refractivity contribution >= 4 is 30.1 Å². The van der Waals surface area contributed by atoms with Crippen molar-refractivity contribution in [2.45, 2.75) is 122 Å². The van der Waals surface area contributed by atoms with E-state index >= 15 is 0 Å². The minimum atomic E-state index is -2.17. The molecule has 3 aliphatic carbocycles. The van der Waals surface area contributed by atoms with Crippen LogP contribution in [0.5, 0.6) is 0 Å². The fourth-order valence-electron chi connectivity index (χ4n) is 6.75. The second kappa shape index (κ2) is 10.6. The first-order valence-corrected chi connectivity index (χ1v) is 19.9. The van der Waals surface area contributed by atoms with Gasteiger partial charge in [-0.15, -0.1) is 0 Å². The number of hydrogen-bond donors (Lipinski definition) is 0. The van der Waals surface area contributed by atoms with E-state index in [4.69, 9.17) is 0 Å². The third-order valence-corrected chi connectivity index (χ3v) is 33.5. The van der Waals surface area contributed by atoms with Crippen molar-refractivity contribution in [3.63, 3.8) is 0 Å². The molecule has 0 heterocycles. The van der Waals surface area contributed by atoms with Gasteiger partial charge in [0.2, 0.25) is 0 Å². The van der Waals surface area contributed by atoms with E-state index in [1.807, 2.05) is 0 Å². The van der Waals surface area contributed by atoms with Crippen LogP contribution in [0.3, 0.4) is 0 Å². The van der Waals surface area contributed by atoms with Crippen LogP contribution in [0.2, 0.25) is 11.8 Å². The van der Waals surface area contributed by atoms with Gasteiger partial charge in [-0.3, -0.25) is 0 Å². The number of thioether (sulfide) groups is 1. The summed E-state index contributed by atoms with van der Waals surface area (Å²) in [6.07, 6.45) is 24.1. The summed E-state index contributed by atoms with van der Waals surface area (Å²) < 4.78 is 5.53. The Morgan fingerprint density at radius 1 is 0.640 bits per heavy atom. The first-order valence-electron chi connectivity index (χ1n) is 11.8. The molecule has 0 nitrogen and oxygen atoms in total. The average molecular weight is 471 g/mol. The molecule has 0 atom stereocenters. The molecular weight excluding hydrogens is 427 g/mol. The monoisotopic (exact) mass is 472 g/mol. The van der Waals surface area contributed by atoms with Gasteiger partial charge >= 0.3 is 168 Å². The van der Waals surface area contributed by atoms with E-state index in [9.17, 15) is 0 Å². The first-order chi connectivity index (χ1) is 12.2. The molecule has 25 heavy (non-hydrogen) atoms. The van der Waals surface area contributed by atoms with Gasteiger partial charge in [0.05, 0.1) is 0 Å². The van der Waals surface area contributed by atoms with Crippen molar-refractivity contribution in [1.29, 1.82) is 0 Å². The molecule has 0 radical (unpaired) electrons. The third kappa shape index (κ3) is 5.36. The quantitative estimate of drug-likeness (QED) is 0.336. The standard InChI is InChI=1S/3C6H11.C5H11S.Sn/c3*1-2-4-6-5-3-1;1-5(2)4-6-3;/h3*1H,2-6H2;5H,3-4H2,1-2H3;. The molecule has 0 bridgehead atoms. The molecule has 0 aromatic rings. The molecule has 0 spiro atoms. The van der Waals surface area contributed by atoms with E-state index in [0.29, 0.717) is 0 Å². The Morgan fingerprint density at radius 3 is 1.32 bits per heavy atom. The van der Waals surface area contributed by atoms with Gasteiger partial charge in [0.1, 0.15) is 0 Å². The van der Waals surface area contributed by atoms with Crippen LogP contribution in [0.15, 0.2) is 0 Å². The fourth-order valence-corrected chi connectivity index (χ4v) is 36.9. The van der Waals surface area contributed by atoms with Gasteiger partial charge in [-0.2, -0.15) is 0 Å². The Morgan fingerprint density at radius 2 is 1.00 bits per heavy atom. The van der Waals surface area contributed by atoms with Gasteiger partial charge in [-0.1, -0.05) is 0 Å². The van der Waals surface area contributed by atoms with Crippen molar-refractivity contribution < 1.29 is 0 Å². The Kier molecular flexibility index (Phi) is 8.87. The third-order valence-electron chi connectivity index (χ3n) is 7.90. The van der Waals surface area contributed by atoms with Crippen LogP contribution in [-0.2, 0) is 0 Å². The average Bonchev–Trinajstić information content (AvgIpc) is 2.67. The molecule has 3 saturated carbocycles. The molecule has 0 aliphatic heterocycles. The van der Waals surface area contributed by atoms with Gasteiger partial charge in [-0.25, -0.2) is 0 Å². The van der Waals surface area contributed by atoms with Crippen LogP contribution < -0.4 is 0 Å². The van der Waals surface area contributed by atoms with Crippen molar-refractivity contribution in [2.75, 3.05) is 9.52 Å². The molecule has 3 aliphatic rings. The SMILES string of the molecule is CC(C)CS[CH2][Sn]([CH]1CCCCC1)([CH]1CCCCC1)[CH]1CCCCC1. The molecule has 3 fully saturated rings. The number of rotatable bonds is 7. The molecule has 0 aromatic heterocycles. The Labute approximate surface area is 166 Å². The van der Waals surface area contributed by atoms with Crippen LogP contribution in [-0.4, -0.2) is 27.9 Å². The van der Waals surface area contributed by atoms with E-state index in [-0.39, 0.29) is 0 Å². The van der Waals surface area contributed by atoms with Crippen molar-refractivity contribution in [1.82, 2.24) is 0 Å². The summed E-state index contributed by atoms with van der Waals surface area (Å²) in [5.41, 5.74) is 0. The van der Waals surface area contributed by atoms with Gasteiger partial charge < -0.3 is 0 Å². The Bertz CT molecular complexity index is 317. The summed E-state index contributed by atoms with van der Waals surface area (Å²) >= 11 is 0.270. The van der Waals surface area contributed by atoms with Gasteiger partial charge in [-0.05, 0) is 0 Å². The molecule has 3 rings (SSSR count). The summed E-state index contributed by atoms with van der Waals surface area (Å²) in [7, 11) is 0. The summed E-state index contributed by atoms with van der Waals surface area (Å²) in [6.45, 7) is 4.87. The zero-order valence-electron chi connectivity index (χ0n) is 17.2. The molecule has 0 amide bonds. The van der Waals surface area contributed by atoms with Gasteiger partial charge in [0.25, 0.3) is 0 Å². The van der Waals surface area contributed by atoms with Crippen LogP contribution >= 0.6 is 11.8 Å². The first kappa shape index (κ1) is 20.9.